The summed E-state index contributed by atoms with van der Waals surface area (Å²) in [6.45, 7) is 1.52. The first-order valence-electron chi connectivity index (χ1n) is 6.64. The first-order chi connectivity index (χ1) is 9.34. The zero-order valence-electron chi connectivity index (χ0n) is 10.7. The molecule has 1 amide bonds. The van der Waals surface area contributed by atoms with Crippen LogP contribution >= 0.6 is 23.5 Å². The van der Waals surface area contributed by atoms with Crippen molar-refractivity contribution >= 4 is 35.1 Å². The van der Waals surface area contributed by atoms with Gasteiger partial charge in [0, 0.05) is 41.3 Å². The molecule has 2 aliphatic rings. The van der Waals surface area contributed by atoms with Crippen molar-refractivity contribution in [2.45, 2.75) is 11.2 Å². The molecule has 2 heterocycles. The number of benzene rings is 1. The second-order valence-electron chi connectivity index (χ2n) is 4.83. The van der Waals surface area contributed by atoms with Crippen LogP contribution in [0, 0.1) is 0 Å². The SMILES string of the molecule is O=C(NCC1CSCCS1)C1CNc2ccccc21. The van der Waals surface area contributed by atoms with Gasteiger partial charge in [0.25, 0.3) is 0 Å². The van der Waals surface area contributed by atoms with Gasteiger partial charge >= 0.3 is 0 Å². The minimum absolute atomic E-state index is 0.0301. The van der Waals surface area contributed by atoms with E-state index in [2.05, 4.69) is 10.6 Å². The number of carbonyl (C=O) groups is 1. The first-order valence-corrected chi connectivity index (χ1v) is 8.85. The monoisotopic (exact) mass is 294 g/mol. The molecule has 5 heteroatoms. The van der Waals surface area contributed by atoms with Gasteiger partial charge in [-0.1, -0.05) is 18.2 Å². The highest BCUT2D eigenvalue weighted by atomic mass is 32.2. The molecule has 0 radical (unpaired) electrons. The van der Waals surface area contributed by atoms with Crippen LogP contribution in [0.1, 0.15) is 11.5 Å². The van der Waals surface area contributed by atoms with Crippen LogP contribution in [0.5, 0.6) is 0 Å². The number of fused-ring (bicyclic) bond motifs is 1. The second-order valence-corrected chi connectivity index (χ2v) is 7.39. The van der Waals surface area contributed by atoms with Crippen LogP contribution in [0.4, 0.5) is 5.69 Å². The zero-order chi connectivity index (χ0) is 13.1. The van der Waals surface area contributed by atoms with Crippen molar-refractivity contribution in [3.63, 3.8) is 0 Å². The standard InChI is InChI=1S/C14H18N2OS2/c17-14(16-7-10-9-18-5-6-19-10)12-8-15-13-4-2-1-3-11(12)13/h1-4,10,12,15H,5-9H2,(H,16,17). The van der Waals surface area contributed by atoms with E-state index in [0.29, 0.717) is 5.25 Å². The van der Waals surface area contributed by atoms with E-state index in [9.17, 15) is 4.79 Å². The van der Waals surface area contributed by atoms with Crippen molar-refractivity contribution in [3.05, 3.63) is 29.8 Å². The molecule has 3 rings (SSSR count). The van der Waals surface area contributed by atoms with E-state index in [1.807, 2.05) is 47.8 Å². The Hall–Kier alpha value is -0.810. The largest absolute Gasteiger partial charge is 0.384 e. The molecule has 0 aromatic heterocycles. The zero-order valence-corrected chi connectivity index (χ0v) is 12.4. The smallest absolute Gasteiger partial charge is 0.229 e. The van der Waals surface area contributed by atoms with Crippen LogP contribution < -0.4 is 10.6 Å². The van der Waals surface area contributed by atoms with Crippen LogP contribution in [0.15, 0.2) is 24.3 Å². The number of carbonyl (C=O) groups excluding carboxylic acids is 1. The van der Waals surface area contributed by atoms with E-state index in [0.717, 1.165) is 30.1 Å². The van der Waals surface area contributed by atoms with Crippen LogP contribution in [0.25, 0.3) is 0 Å². The third kappa shape index (κ3) is 3.03. The molecule has 2 N–H and O–H groups in total. The van der Waals surface area contributed by atoms with E-state index < -0.39 is 0 Å². The maximum absolute atomic E-state index is 12.3. The summed E-state index contributed by atoms with van der Waals surface area (Å²) < 4.78 is 0. The van der Waals surface area contributed by atoms with E-state index >= 15 is 0 Å². The van der Waals surface area contributed by atoms with Gasteiger partial charge in [-0.3, -0.25) is 4.79 Å². The van der Waals surface area contributed by atoms with Crippen LogP contribution in [-0.4, -0.2) is 41.5 Å². The normalized spacial score (nSPS) is 25.5. The summed E-state index contributed by atoms with van der Waals surface area (Å²) in [7, 11) is 0. The molecule has 3 nitrogen and oxygen atoms in total. The average Bonchev–Trinajstić information content (AvgIpc) is 2.90. The van der Waals surface area contributed by atoms with Crippen LogP contribution in [-0.2, 0) is 4.79 Å². The molecule has 0 saturated carbocycles. The quantitative estimate of drug-likeness (QED) is 0.896. The number of hydrogen-bond acceptors (Lipinski definition) is 4. The van der Waals surface area contributed by atoms with Crippen molar-refractivity contribution in [1.29, 1.82) is 0 Å². The van der Waals surface area contributed by atoms with Gasteiger partial charge in [-0.15, -0.1) is 0 Å². The lowest BCUT2D eigenvalue weighted by molar-refractivity contribution is -0.122. The molecular weight excluding hydrogens is 276 g/mol. The fraction of sp³-hybridized carbons (Fsp3) is 0.500. The third-order valence-corrected chi connectivity index (χ3v) is 6.38. The van der Waals surface area contributed by atoms with Crippen molar-refractivity contribution in [3.8, 4) is 0 Å². The summed E-state index contributed by atoms with van der Waals surface area (Å²) in [6.07, 6.45) is 0. The summed E-state index contributed by atoms with van der Waals surface area (Å²) in [6, 6.07) is 8.09. The lowest BCUT2D eigenvalue weighted by Gasteiger charge is -2.22. The Morgan fingerprint density at radius 3 is 3.11 bits per heavy atom. The summed E-state index contributed by atoms with van der Waals surface area (Å²) in [4.78, 5) is 12.3. The van der Waals surface area contributed by atoms with E-state index in [-0.39, 0.29) is 11.8 Å². The summed E-state index contributed by atoms with van der Waals surface area (Å²) in [5.41, 5.74) is 2.23. The number of rotatable bonds is 3. The van der Waals surface area contributed by atoms with Crippen molar-refractivity contribution in [2.75, 3.05) is 35.7 Å². The molecule has 0 aliphatic carbocycles. The van der Waals surface area contributed by atoms with Crippen LogP contribution in [0.3, 0.4) is 0 Å². The van der Waals surface area contributed by atoms with E-state index in [1.165, 1.54) is 11.5 Å². The maximum Gasteiger partial charge on any atom is 0.229 e. The molecular formula is C14H18N2OS2. The summed E-state index contributed by atoms with van der Waals surface area (Å²) in [5.74, 6) is 3.74. The molecule has 1 fully saturated rings. The van der Waals surface area contributed by atoms with Gasteiger partial charge in [0.15, 0.2) is 0 Å². The fourth-order valence-electron chi connectivity index (χ4n) is 2.51. The Morgan fingerprint density at radius 2 is 2.26 bits per heavy atom. The van der Waals surface area contributed by atoms with Gasteiger partial charge < -0.3 is 10.6 Å². The van der Waals surface area contributed by atoms with Crippen molar-refractivity contribution < 1.29 is 4.79 Å². The molecule has 0 bridgehead atoms. The summed E-state index contributed by atoms with van der Waals surface area (Å²) in [5, 5.41) is 7.00. The van der Waals surface area contributed by atoms with Gasteiger partial charge in [0.05, 0.1) is 5.92 Å². The molecule has 102 valence electrons. The van der Waals surface area contributed by atoms with Gasteiger partial charge in [-0.05, 0) is 11.6 Å². The van der Waals surface area contributed by atoms with E-state index in [1.54, 1.807) is 0 Å². The lowest BCUT2D eigenvalue weighted by atomic mass is 10.0. The Morgan fingerprint density at radius 1 is 1.37 bits per heavy atom. The second kappa shape index (κ2) is 6.09. The number of anilines is 1. The first kappa shape index (κ1) is 13.2. The summed E-state index contributed by atoms with van der Waals surface area (Å²) >= 11 is 3.97. The molecule has 2 unspecified atom stereocenters. The number of para-hydroxylation sites is 1. The van der Waals surface area contributed by atoms with Crippen LogP contribution in [0.2, 0.25) is 0 Å². The molecule has 2 aliphatic heterocycles. The Labute approximate surface area is 122 Å². The minimum Gasteiger partial charge on any atom is -0.384 e. The molecule has 0 spiro atoms. The number of thioether (sulfide) groups is 2. The minimum atomic E-state index is -0.0301. The van der Waals surface area contributed by atoms with Gasteiger partial charge in [-0.2, -0.15) is 23.5 Å². The predicted molar refractivity (Wildman–Crippen MR) is 84.3 cm³/mol. The van der Waals surface area contributed by atoms with Gasteiger partial charge in [0.1, 0.15) is 0 Å². The van der Waals surface area contributed by atoms with Crippen molar-refractivity contribution in [1.82, 2.24) is 5.32 Å². The third-order valence-electron chi connectivity index (χ3n) is 3.54. The molecule has 2 atom stereocenters. The number of nitrogens with one attached hydrogen (secondary N) is 2. The average molecular weight is 294 g/mol. The lowest BCUT2D eigenvalue weighted by Crippen LogP contribution is -2.36. The van der Waals surface area contributed by atoms with Gasteiger partial charge in [0.2, 0.25) is 5.91 Å². The molecule has 19 heavy (non-hydrogen) atoms. The highest BCUT2D eigenvalue weighted by molar-refractivity contribution is 8.06. The Kier molecular flexibility index (Phi) is 4.23. The highest BCUT2D eigenvalue weighted by Gasteiger charge is 2.28. The number of hydrogen-bond donors (Lipinski definition) is 2. The topological polar surface area (TPSA) is 41.1 Å². The van der Waals surface area contributed by atoms with E-state index in [4.69, 9.17) is 0 Å². The molecule has 1 aromatic carbocycles. The predicted octanol–water partition coefficient (Wildman–Crippen LogP) is 2.16. The highest BCUT2D eigenvalue weighted by Crippen LogP contribution is 2.31. The molecule has 1 saturated heterocycles. The fourth-order valence-corrected chi connectivity index (χ4v) is 5.12. The van der Waals surface area contributed by atoms with Gasteiger partial charge in [-0.25, -0.2) is 0 Å². The maximum atomic E-state index is 12.3. The number of amides is 1. The molecule has 1 aromatic rings. The Balaban J connectivity index is 1.56. The Bertz CT molecular complexity index is 461. The van der Waals surface area contributed by atoms with Crippen molar-refractivity contribution in [2.24, 2.45) is 0 Å².